The maximum Gasteiger partial charge on any atom is 0.0236 e. The van der Waals surface area contributed by atoms with Crippen LogP contribution >= 0.6 is 0 Å². The number of nitrogens with zero attached hydrogens (tertiary/aromatic N) is 1. The molecule has 2 fully saturated rings. The van der Waals surface area contributed by atoms with Crippen molar-refractivity contribution in [2.45, 2.75) is 46.2 Å². The molecule has 78 valence electrons. The van der Waals surface area contributed by atoms with Crippen molar-refractivity contribution in [1.29, 1.82) is 0 Å². The summed E-state index contributed by atoms with van der Waals surface area (Å²) >= 11 is 0. The highest BCUT2D eigenvalue weighted by molar-refractivity contribution is 4.94. The van der Waals surface area contributed by atoms with E-state index in [0.717, 1.165) is 18.0 Å². The van der Waals surface area contributed by atoms with Gasteiger partial charge in [0.05, 0.1) is 0 Å². The third-order valence-corrected chi connectivity index (χ3v) is 3.16. The minimum atomic E-state index is 0.735. The van der Waals surface area contributed by atoms with Crippen molar-refractivity contribution in [3.8, 4) is 0 Å². The molecule has 0 radical (unpaired) electrons. The van der Waals surface area contributed by atoms with Crippen LogP contribution in [0, 0.1) is 5.92 Å². The summed E-state index contributed by atoms with van der Waals surface area (Å²) in [6.07, 6.45) is 1.41. The zero-order valence-corrected chi connectivity index (χ0v) is 9.51. The molecular formula is C11H24N2. The lowest BCUT2D eigenvalue weighted by Crippen LogP contribution is -2.62. The average Bonchev–Trinajstić information content (AvgIpc) is 2.10. The van der Waals surface area contributed by atoms with Crippen LogP contribution in [-0.4, -0.2) is 36.6 Å². The molecule has 0 aromatic carbocycles. The van der Waals surface area contributed by atoms with Gasteiger partial charge in [-0.25, -0.2) is 0 Å². The number of nitrogens with one attached hydrogen (secondary N) is 1. The van der Waals surface area contributed by atoms with Gasteiger partial charge in [0.2, 0.25) is 0 Å². The first kappa shape index (κ1) is 11.0. The summed E-state index contributed by atoms with van der Waals surface area (Å²) in [5.41, 5.74) is 0. The fraction of sp³-hybridized carbons (Fsp3) is 1.00. The number of piperidine rings is 1. The van der Waals surface area contributed by atoms with Gasteiger partial charge in [-0.1, -0.05) is 13.8 Å². The Balaban J connectivity index is 0.000000396. The minimum absolute atomic E-state index is 0.735. The lowest BCUT2D eigenvalue weighted by atomic mass is 9.84. The molecule has 2 aliphatic heterocycles. The molecule has 0 saturated carbocycles. The molecule has 2 nitrogen and oxygen atoms in total. The van der Waals surface area contributed by atoms with Crippen molar-refractivity contribution in [1.82, 2.24) is 10.2 Å². The van der Waals surface area contributed by atoms with Gasteiger partial charge in [0, 0.05) is 18.6 Å². The van der Waals surface area contributed by atoms with Gasteiger partial charge in [-0.05, 0) is 39.3 Å². The molecular weight excluding hydrogens is 160 g/mol. The lowest BCUT2D eigenvalue weighted by Gasteiger charge is -2.47. The Morgan fingerprint density at radius 1 is 1.31 bits per heavy atom. The monoisotopic (exact) mass is 184 g/mol. The Morgan fingerprint density at radius 3 is 2.38 bits per heavy atom. The molecule has 2 rings (SSSR count). The highest BCUT2D eigenvalue weighted by Gasteiger charge is 2.35. The largest absolute Gasteiger partial charge is 0.312 e. The Bertz CT molecular complexity index is 145. The van der Waals surface area contributed by atoms with Crippen LogP contribution in [0.15, 0.2) is 0 Å². The Morgan fingerprint density at radius 2 is 2.00 bits per heavy atom. The third kappa shape index (κ3) is 2.44. The second-order valence-electron chi connectivity index (χ2n) is 4.15. The van der Waals surface area contributed by atoms with E-state index in [4.69, 9.17) is 0 Å². The van der Waals surface area contributed by atoms with Crippen molar-refractivity contribution >= 4 is 0 Å². The number of hydrogen-bond acceptors (Lipinski definition) is 2. The molecule has 2 saturated heterocycles. The molecule has 13 heavy (non-hydrogen) atoms. The predicted octanol–water partition coefficient (Wildman–Crippen LogP) is 1.71. The van der Waals surface area contributed by atoms with E-state index in [2.05, 4.69) is 24.1 Å². The quantitative estimate of drug-likeness (QED) is 0.667. The van der Waals surface area contributed by atoms with Crippen LogP contribution in [0.1, 0.15) is 34.1 Å². The van der Waals surface area contributed by atoms with Crippen LogP contribution in [0.25, 0.3) is 0 Å². The number of rotatable bonds is 1. The summed E-state index contributed by atoms with van der Waals surface area (Å²) in [5, 5.41) is 3.49. The zero-order valence-electron chi connectivity index (χ0n) is 9.51. The van der Waals surface area contributed by atoms with Crippen LogP contribution in [0.3, 0.4) is 0 Å². The first-order chi connectivity index (χ1) is 6.27. The maximum absolute atomic E-state index is 3.49. The van der Waals surface area contributed by atoms with Crippen molar-refractivity contribution in [3.05, 3.63) is 0 Å². The predicted molar refractivity (Wildman–Crippen MR) is 58.0 cm³/mol. The smallest absolute Gasteiger partial charge is 0.0236 e. The van der Waals surface area contributed by atoms with Crippen molar-refractivity contribution in [2.24, 2.45) is 5.92 Å². The molecule has 2 heterocycles. The van der Waals surface area contributed by atoms with Gasteiger partial charge in [0.15, 0.2) is 0 Å². The molecule has 0 aromatic heterocycles. The summed E-state index contributed by atoms with van der Waals surface area (Å²) in [7, 11) is 0. The van der Waals surface area contributed by atoms with E-state index in [0.29, 0.717) is 0 Å². The molecule has 2 heteroatoms. The molecule has 2 atom stereocenters. The Labute approximate surface area is 82.7 Å². The van der Waals surface area contributed by atoms with Gasteiger partial charge in [-0.3, -0.25) is 4.90 Å². The lowest BCUT2D eigenvalue weighted by molar-refractivity contribution is 0.0660. The summed E-state index contributed by atoms with van der Waals surface area (Å²) < 4.78 is 0. The average molecular weight is 184 g/mol. The number of fused-ring (bicyclic) bond motifs is 1. The molecule has 0 spiro atoms. The van der Waals surface area contributed by atoms with E-state index >= 15 is 0 Å². The zero-order chi connectivity index (χ0) is 9.84. The number of likely N-dealkylation sites (tertiary alicyclic amines) is 1. The molecule has 0 aliphatic carbocycles. The van der Waals surface area contributed by atoms with Crippen LogP contribution in [0.4, 0.5) is 0 Å². The van der Waals surface area contributed by atoms with E-state index in [9.17, 15) is 0 Å². The molecule has 2 aliphatic rings. The fourth-order valence-corrected chi connectivity index (χ4v) is 2.11. The van der Waals surface area contributed by atoms with E-state index in [1.54, 1.807) is 0 Å². The maximum atomic E-state index is 3.49. The van der Waals surface area contributed by atoms with Gasteiger partial charge in [0.25, 0.3) is 0 Å². The molecule has 0 bridgehead atoms. The van der Waals surface area contributed by atoms with Gasteiger partial charge >= 0.3 is 0 Å². The highest BCUT2D eigenvalue weighted by atomic mass is 15.2. The van der Waals surface area contributed by atoms with E-state index in [1.165, 1.54) is 26.1 Å². The van der Waals surface area contributed by atoms with Crippen molar-refractivity contribution in [2.75, 3.05) is 19.6 Å². The second kappa shape index (κ2) is 4.97. The van der Waals surface area contributed by atoms with Gasteiger partial charge in [-0.15, -0.1) is 0 Å². The van der Waals surface area contributed by atoms with Crippen LogP contribution in [0.5, 0.6) is 0 Å². The summed E-state index contributed by atoms with van der Waals surface area (Å²) in [5.74, 6) is 1.00. The normalized spacial score (nSPS) is 33.0. The van der Waals surface area contributed by atoms with Gasteiger partial charge in [0.1, 0.15) is 0 Å². The Hall–Kier alpha value is -0.0800. The molecule has 2 unspecified atom stereocenters. The summed E-state index contributed by atoms with van der Waals surface area (Å²) in [6, 6.07) is 1.56. The van der Waals surface area contributed by atoms with Crippen LogP contribution in [-0.2, 0) is 0 Å². The van der Waals surface area contributed by atoms with E-state index < -0.39 is 0 Å². The Kier molecular flexibility index (Phi) is 4.20. The van der Waals surface area contributed by atoms with E-state index in [-0.39, 0.29) is 0 Å². The van der Waals surface area contributed by atoms with Crippen LogP contribution < -0.4 is 5.32 Å². The fourth-order valence-electron chi connectivity index (χ4n) is 2.11. The summed E-state index contributed by atoms with van der Waals surface area (Å²) in [6.45, 7) is 12.5. The first-order valence-electron chi connectivity index (χ1n) is 5.75. The summed E-state index contributed by atoms with van der Waals surface area (Å²) in [4.78, 5) is 2.58. The molecule has 1 N–H and O–H groups in total. The standard InChI is InChI=1S/C9H18N2.C2H6/c1-7(2)11-4-3-8-5-10-9(8)6-11;1-2/h7-10H,3-6H2,1-2H3;1-2H3. The molecule has 0 amide bonds. The highest BCUT2D eigenvalue weighted by Crippen LogP contribution is 2.24. The minimum Gasteiger partial charge on any atom is -0.312 e. The topological polar surface area (TPSA) is 15.3 Å². The van der Waals surface area contributed by atoms with Gasteiger partial charge < -0.3 is 5.32 Å². The van der Waals surface area contributed by atoms with E-state index in [1.807, 2.05) is 13.8 Å². The first-order valence-corrected chi connectivity index (χ1v) is 5.75. The second-order valence-corrected chi connectivity index (χ2v) is 4.15. The van der Waals surface area contributed by atoms with Crippen molar-refractivity contribution in [3.63, 3.8) is 0 Å². The van der Waals surface area contributed by atoms with Gasteiger partial charge in [-0.2, -0.15) is 0 Å². The molecule has 0 aromatic rings. The SMILES string of the molecule is CC.CC(C)N1CCC2CNC2C1. The number of hydrogen-bond donors (Lipinski definition) is 1. The van der Waals surface area contributed by atoms with Crippen LogP contribution in [0.2, 0.25) is 0 Å². The van der Waals surface area contributed by atoms with Crippen molar-refractivity contribution < 1.29 is 0 Å². The third-order valence-electron chi connectivity index (χ3n) is 3.16.